The van der Waals surface area contributed by atoms with Crippen LogP contribution in [0.25, 0.3) is 0 Å². The predicted molar refractivity (Wildman–Crippen MR) is 124 cm³/mol. The molecule has 7 heteroatoms. The van der Waals surface area contributed by atoms with Crippen LogP contribution in [-0.4, -0.2) is 75.4 Å². The first kappa shape index (κ1) is 22.8. The molecule has 0 radical (unpaired) electrons. The lowest BCUT2D eigenvalue weighted by molar-refractivity contribution is 0.0732. The predicted octanol–water partition coefficient (Wildman–Crippen LogP) is 2.49. The van der Waals surface area contributed by atoms with Gasteiger partial charge in [-0.05, 0) is 55.8 Å². The fraction of sp³-hybridized carbons (Fsp3) is 0.739. The van der Waals surface area contributed by atoms with Gasteiger partial charge >= 0.3 is 0 Å². The maximum atomic E-state index is 5.32. The Morgan fingerprint density at radius 3 is 2.63 bits per heavy atom. The molecule has 1 aromatic heterocycles. The number of nitrogens with zero attached hydrogens (tertiary/aromatic N) is 4. The number of aliphatic imine (C=N–C) groups is 1. The van der Waals surface area contributed by atoms with E-state index < -0.39 is 0 Å². The van der Waals surface area contributed by atoms with Gasteiger partial charge in [0.2, 0.25) is 0 Å². The summed E-state index contributed by atoms with van der Waals surface area (Å²) in [5.41, 5.74) is 1.57. The van der Waals surface area contributed by atoms with Crippen LogP contribution in [0.5, 0.6) is 0 Å². The number of piperazine rings is 1. The molecular formula is C23H40N6O. The largest absolute Gasteiger partial charge is 0.385 e. The molecule has 1 saturated carbocycles. The van der Waals surface area contributed by atoms with Crippen molar-refractivity contribution in [2.75, 3.05) is 64.4 Å². The monoisotopic (exact) mass is 416 g/mol. The lowest BCUT2D eigenvalue weighted by Crippen LogP contribution is -2.47. The second-order valence-electron chi connectivity index (χ2n) is 8.59. The summed E-state index contributed by atoms with van der Waals surface area (Å²) in [6.07, 6.45) is 6.92. The highest BCUT2D eigenvalue weighted by molar-refractivity contribution is 5.79. The standard InChI is InChI=1S/C23H40N6O/c1-4-24-22(27-19-23(8-6-9-23)10-16-30-3)26-18-20-7-11-25-21(17-20)29-14-12-28(5-2)13-15-29/h7,11,17H,4-6,8-10,12-16,18-19H2,1-3H3,(H2,24,26,27). The van der Waals surface area contributed by atoms with Crippen molar-refractivity contribution in [1.29, 1.82) is 0 Å². The van der Waals surface area contributed by atoms with E-state index >= 15 is 0 Å². The highest BCUT2D eigenvalue weighted by Gasteiger charge is 2.36. The van der Waals surface area contributed by atoms with Crippen molar-refractivity contribution in [3.8, 4) is 0 Å². The van der Waals surface area contributed by atoms with Crippen LogP contribution < -0.4 is 15.5 Å². The number of guanidine groups is 1. The lowest BCUT2D eigenvalue weighted by Gasteiger charge is -2.42. The maximum Gasteiger partial charge on any atom is 0.191 e. The average molecular weight is 417 g/mol. The second-order valence-corrected chi connectivity index (χ2v) is 8.59. The van der Waals surface area contributed by atoms with Crippen LogP contribution in [0.3, 0.4) is 0 Å². The number of rotatable bonds is 10. The summed E-state index contributed by atoms with van der Waals surface area (Å²) in [7, 11) is 1.79. The number of methoxy groups -OCH3 is 1. The molecule has 0 bridgehead atoms. The first-order chi connectivity index (χ1) is 14.7. The topological polar surface area (TPSA) is 65.0 Å². The average Bonchev–Trinajstić information content (AvgIpc) is 2.76. The van der Waals surface area contributed by atoms with Gasteiger partial charge in [-0.15, -0.1) is 0 Å². The fourth-order valence-electron chi connectivity index (χ4n) is 4.32. The van der Waals surface area contributed by atoms with Gasteiger partial charge in [-0.25, -0.2) is 9.98 Å². The van der Waals surface area contributed by atoms with Crippen LogP contribution in [-0.2, 0) is 11.3 Å². The number of nitrogens with one attached hydrogen (secondary N) is 2. The number of likely N-dealkylation sites (N-methyl/N-ethyl adjacent to an activating group) is 1. The molecule has 0 unspecified atom stereocenters. The Morgan fingerprint density at radius 1 is 1.20 bits per heavy atom. The minimum absolute atomic E-state index is 0.372. The third kappa shape index (κ3) is 6.32. The Bertz CT molecular complexity index is 667. The number of ether oxygens (including phenoxy) is 1. The van der Waals surface area contributed by atoms with Crippen molar-refractivity contribution in [1.82, 2.24) is 20.5 Å². The van der Waals surface area contributed by atoms with Crippen molar-refractivity contribution < 1.29 is 4.74 Å². The van der Waals surface area contributed by atoms with Crippen molar-refractivity contribution in [3.63, 3.8) is 0 Å². The Labute approximate surface area is 182 Å². The molecule has 1 aliphatic heterocycles. The molecule has 168 valence electrons. The maximum absolute atomic E-state index is 5.32. The summed E-state index contributed by atoms with van der Waals surface area (Å²) in [4.78, 5) is 14.3. The van der Waals surface area contributed by atoms with Gasteiger partial charge in [-0.2, -0.15) is 0 Å². The number of anilines is 1. The molecule has 7 nitrogen and oxygen atoms in total. The van der Waals surface area contributed by atoms with E-state index in [2.05, 4.69) is 51.4 Å². The molecule has 0 aromatic carbocycles. The van der Waals surface area contributed by atoms with E-state index in [9.17, 15) is 0 Å². The van der Waals surface area contributed by atoms with Gasteiger partial charge in [0, 0.05) is 59.2 Å². The third-order valence-electron chi connectivity index (χ3n) is 6.60. The molecule has 2 fully saturated rings. The normalized spacial score (nSPS) is 19.4. The number of pyridine rings is 1. The summed E-state index contributed by atoms with van der Waals surface area (Å²) < 4.78 is 5.32. The van der Waals surface area contributed by atoms with E-state index in [0.29, 0.717) is 12.0 Å². The quantitative estimate of drug-likeness (QED) is 0.451. The van der Waals surface area contributed by atoms with Gasteiger partial charge in [0.1, 0.15) is 5.82 Å². The van der Waals surface area contributed by atoms with Crippen molar-refractivity contribution in [2.24, 2.45) is 10.4 Å². The molecule has 0 atom stereocenters. The zero-order valence-electron chi connectivity index (χ0n) is 19.1. The van der Waals surface area contributed by atoms with Crippen LogP contribution in [0.2, 0.25) is 0 Å². The van der Waals surface area contributed by atoms with E-state index in [1.165, 1.54) is 24.8 Å². The highest BCUT2D eigenvalue weighted by Crippen LogP contribution is 2.43. The molecule has 30 heavy (non-hydrogen) atoms. The molecule has 3 rings (SSSR count). The fourth-order valence-corrected chi connectivity index (χ4v) is 4.32. The molecule has 1 saturated heterocycles. The number of hydrogen-bond acceptors (Lipinski definition) is 5. The molecule has 2 heterocycles. The molecule has 0 amide bonds. The van der Waals surface area contributed by atoms with Gasteiger partial charge in [0.15, 0.2) is 5.96 Å². The summed E-state index contributed by atoms with van der Waals surface area (Å²) in [5, 5.41) is 6.98. The molecule has 2 aliphatic rings. The number of aromatic nitrogens is 1. The Balaban J connectivity index is 1.56. The van der Waals surface area contributed by atoms with Crippen molar-refractivity contribution >= 4 is 11.8 Å². The molecule has 1 aromatic rings. The molecule has 1 aliphatic carbocycles. The zero-order chi connectivity index (χ0) is 21.2. The zero-order valence-corrected chi connectivity index (χ0v) is 19.1. The van der Waals surface area contributed by atoms with Gasteiger partial charge in [0.25, 0.3) is 0 Å². The van der Waals surface area contributed by atoms with E-state index in [1.807, 2.05) is 6.20 Å². The minimum atomic E-state index is 0.372. The van der Waals surface area contributed by atoms with Gasteiger partial charge in [-0.1, -0.05) is 13.3 Å². The summed E-state index contributed by atoms with van der Waals surface area (Å²) in [6, 6.07) is 4.27. The summed E-state index contributed by atoms with van der Waals surface area (Å²) in [6.45, 7) is 13.1. The van der Waals surface area contributed by atoms with Crippen LogP contribution in [0.4, 0.5) is 5.82 Å². The lowest BCUT2D eigenvalue weighted by atomic mass is 9.67. The number of hydrogen-bond donors (Lipinski definition) is 2. The molecule has 0 spiro atoms. The first-order valence-electron chi connectivity index (χ1n) is 11.6. The SMILES string of the molecule is CCNC(=NCc1ccnc(N2CCN(CC)CC2)c1)NCC1(CCOC)CCC1. The van der Waals surface area contributed by atoms with E-state index in [0.717, 1.165) is 70.6 Å². The highest BCUT2D eigenvalue weighted by atomic mass is 16.5. The van der Waals surface area contributed by atoms with Crippen molar-refractivity contribution in [3.05, 3.63) is 23.9 Å². The minimum Gasteiger partial charge on any atom is -0.385 e. The Hall–Kier alpha value is -1.86. The molecule has 2 N–H and O–H groups in total. The van der Waals surface area contributed by atoms with Gasteiger partial charge in [-0.3, -0.25) is 0 Å². The van der Waals surface area contributed by atoms with Crippen LogP contribution >= 0.6 is 0 Å². The smallest absolute Gasteiger partial charge is 0.191 e. The third-order valence-corrected chi connectivity index (χ3v) is 6.60. The Morgan fingerprint density at radius 2 is 2.00 bits per heavy atom. The summed E-state index contributed by atoms with van der Waals surface area (Å²) in [5.74, 6) is 1.97. The summed E-state index contributed by atoms with van der Waals surface area (Å²) >= 11 is 0. The van der Waals surface area contributed by atoms with E-state index in [4.69, 9.17) is 9.73 Å². The van der Waals surface area contributed by atoms with Gasteiger partial charge < -0.3 is 25.2 Å². The van der Waals surface area contributed by atoms with Crippen LogP contribution in [0, 0.1) is 5.41 Å². The Kier molecular flexibility index (Phi) is 8.75. The molecular weight excluding hydrogens is 376 g/mol. The van der Waals surface area contributed by atoms with Crippen molar-refractivity contribution in [2.45, 2.75) is 46.1 Å². The van der Waals surface area contributed by atoms with Crippen LogP contribution in [0.15, 0.2) is 23.3 Å². The van der Waals surface area contributed by atoms with Gasteiger partial charge in [0.05, 0.1) is 6.54 Å². The van der Waals surface area contributed by atoms with E-state index in [1.54, 1.807) is 7.11 Å². The first-order valence-corrected chi connectivity index (χ1v) is 11.6. The second kappa shape index (κ2) is 11.5. The van der Waals surface area contributed by atoms with E-state index in [-0.39, 0.29) is 0 Å². The van der Waals surface area contributed by atoms with Crippen LogP contribution in [0.1, 0.15) is 45.1 Å².